The summed E-state index contributed by atoms with van der Waals surface area (Å²) in [5.74, 6) is -0.848. The first-order valence-corrected chi connectivity index (χ1v) is 7.11. The topological polar surface area (TPSA) is 63.1 Å². The molecule has 0 amide bonds. The molecule has 8 heteroatoms. The molecule has 2 rings (SSSR count). The van der Waals surface area contributed by atoms with Crippen LogP contribution in [0.2, 0.25) is 0 Å². The van der Waals surface area contributed by atoms with E-state index < -0.39 is 17.8 Å². The molecule has 0 fully saturated rings. The molecule has 0 bridgehead atoms. The van der Waals surface area contributed by atoms with E-state index in [1.807, 2.05) is 0 Å². The molecule has 0 atom stereocenters. The van der Waals surface area contributed by atoms with Crippen LogP contribution in [0.1, 0.15) is 27.3 Å². The van der Waals surface area contributed by atoms with Gasteiger partial charge in [-0.1, -0.05) is 0 Å². The number of thioether (sulfide) groups is 1. The highest BCUT2D eigenvalue weighted by Crippen LogP contribution is 2.30. The van der Waals surface area contributed by atoms with Gasteiger partial charge in [-0.05, 0) is 36.2 Å². The lowest BCUT2D eigenvalue weighted by atomic mass is 10.1. The number of alkyl halides is 3. The fourth-order valence-corrected chi connectivity index (χ4v) is 2.71. The van der Waals surface area contributed by atoms with Crippen molar-refractivity contribution in [3.63, 3.8) is 0 Å². The Balaban J connectivity index is 2.16. The van der Waals surface area contributed by atoms with Gasteiger partial charge in [-0.3, -0.25) is 4.98 Å². The molecule has 0 aliphatic rings. The van der Waals surface area contributed by atoms with Gasteiger partial charge >= 0.3 is 12.1 Å². The van der Waals surface area contributed by atoms with Gasteiger partial charge in [-0.25, -0.2) is 9.78 Å². The van der Waals surface area contributed by atoms with E-state index >= 15 is 0 Å². The number of carboxylic acids is 1. The summed E-state index contributed by atoms with van der Waals surface area (Å²) in [5.41, 5.74) is 0.299. The summed E-state index contributed by atoms with van der Waals surface area (Å²) in [4.78, 5) is 18.8. The number of rotatable bonds is 4. The van der Waals surface area contributed by atoms with Crippen molar-refractivity contribution in [3.05, 3.63) is 53.1 Å². The predicted octanol–water partition coefficient (Wildman–Crippen LogP) is 3.79. The van der Waals surface area contributed by atoms with E-state index in [2.05, 4.69) is 9.97 Å². The Morgan fingerprint density at radius 1 is 1.27 bits per heavy atom. The minimum absolute atomic E-state index is 0.0487. The smallest absolute Gasteiger partial charge is 0.433 e. The molecule has 1 N–H and O–H groups in total. The lowest BCUT2D eigenvalue weighted by molar-refractivity contribution is -0.141. The molecule has 0 saturated carbocycles. The first kappa shape index (κ1) is 16.3. The van der Waals surface area contributed by atoms with Crippen molar-refractivity contribution in [2.45, 2.75) is 23.7 Å². The quantitative estimate of drug-likeness (QED) is 0.865. The monoisotopic (exact) mass is 328 g/mol. The molecule has 116 valence electrons. The van der Waals surface area contributed by atoms with Gasteiger partial charge in [-0.2, -0.15) is 13.2 Å². The van der Waals surface area contributed by atoms with Crippen LogP contribution in [-0.2, 0) is 11.9 Å². The van der Waals surface area contributed by atoms with Crippen molar-refractivity contribution in [2.24, 2.45) is 0 Å². The van der Waals surface area contributed by atoms with Crippen LogP contribution in [-0.4, -0.2) is 21.0 Å². The van der Waals surface area contributed by atoms with Crippen molar-refractivity contribution < 1.29 is 23.1 Å². The zero-order valence-electron chi connectivity index (χ0n) is 11.4. The number of nitrogens with zero attached hydrogens (tertiary/aromatic N) is 2. The van der Waals surface area contributed by atoms with Gasteiger partial charge in [-0.15, -0.1) is 11.8 Å². The van der Waals surface area contributed by atoms with Crippen LogP contribution in [0.15, 0.2) is 35.5 Å². The molecular weight excluding hydrogens is 317 g/mol. The molecule has 2 aromatic rings. The first-order chi connectivity index (χ1) is 10.3. The van der Waals surface area contributed by atoms with Crippen LogP contribution in [0.4, 0.5) is 13.2 Å². The number of carboxylic acid groups (broad SMARTS) is 1. The number of aryl methyl sites for hydroxylation is 1. The zero-order valence-corrected chi connectivity index (χ0v) is 12.2. The molecular formula is C14H11F3N2O2S. The minimum atomic E-state index is -4.47. The average Bonchev–Trinajstić information content (AvgIpc) is 2.45. The average molecular weight is 328 g/mol. The van der Waals surface area contributed by atoms with Crippen LogP contribution in [0.3, 0.4) is 0 Å². The Labute approximate surface area is 128 Å². The van der Waals surface area contributed by atoms with Crippen molar-refractivity contribution in [3.8, 4) is 0 Å². The molecule has 0 unspecified atom stereocenters. The summed E-state index contributed by atoms with van der Waals surface area (Å²) in [6.07, 6.45) is -1.94. The lowest BCUT2D eigenvalue weighted by Crippen LogP contribution is -2.07. The second-order valence-corrected chi connectivity index (χ2v) is 5.47. The van der Waals surface area contributed by atoms with E-state index in [-0.39, 0.29) is 11.4 Å². The lowest BCUT2D eigenvalue weighted by Gasteiger charge is -2.09. The fraction of sp³-hybridized carbons (Fsp3) is 0.214. The van der Waals surface area contributed by atoms with Gasteiger partial charge in [0.25, 0.3) is 0 Å². The van der Waals surface area contributed by atoms with Gasteiger partial charge in [0.1, 0.15) is 5.69 Å². The standard InChI is InChI=1S/C14H11F3N2O2S/c1-8-4-5-18-12(13(20)21)10(8)7-22-9-2-3-11(19-6-9)14(15,16)17/h2-6H,7H2,1H3,(H,20,21). The summed E-state index contributed by atoms with van der Waals surface area (Å²) in [5, 5.41) is 9.10. The van der Waals surface area contributed by atoms with Crippen LogP contribution < -0.4 is 0 Å². The Morgan fingerprint density at radius 2 is 2.00 bits per heavy atom. The van der Waals surface area contributed by atoms with Crippen LogP contribution in [0.5, 0.6) is 0 Å². The second kappa shape index (κ2) is 6.35. The number of aromatic nitrogens is 2. The molecule has 0 saturated heterocycles. The van der Waals surface area contributed by atoms with Crippen LogP contribution >= 0.6 is 11.8 Å². The van der Waals surface area contributed by atoms with Crippen molar-refractivity contribution >= 4 is 17.7 Å². The van der Waals surface area contributed by atoms with Gasteiger partial charge in [0.2, 0.25) is 0 Å². The van der Waals surface area contributed by atoms with Gasteiger partial charge in [0, 0.05) is 23.0 Å². The molecule has 22 heavy (non-hydrogen) atoms. The number of hydrogen-bond donors (Lipinski definition) is 1. The third-order valence-electron chi connectivity index (χ3n) is 2.90. The largest absolute Gasteiger partial charge is 0.477 e. The van der Waals surface area contributed by atoms with Crippen LogP contribution in [0.25, 0.3) is 0 Å². The Bertz CT molecular complexity index is 687. The number of carbonyl (C=O) groups is 1. The molecule has 0 aliphatic heterocycles. The maximum absolute atomic E-state index is 12.4. The van der Waals surface area contributed by atoms with Gasteiger partial charge < -0.3 is 5.11 Å². The third-order valence-corrected chi connectivity index (χ3v) is 3.91. The second-order valence-electron chi connectivity index (χ2n) is 4.43. The predicted molar refractivity (Wildman–Crippen MR) is 74.7 cm³/mol. The SMILES string of the molecule is Cc1ccnc(C(=O)O)c1CSc1ccc(C(F)(F)F)nc1. The molecule has 0 aliphatic carbocycles. The Hall–Kier alpha value is -2.09. The number of aromatic carboxylic acids is 1. The van der Waals surface area contributed by atoms with E-state index in [9.17, 15) is 18.0 Å². The van der Waals surface area contributed by atoms with E-state index in [0.717, 1.165) is 17.8 Å². The fourth-order valence-electron chi connectivity index (χ4n) is 1.74. The van der Waals surface area contributed by atoms with Crippen molar-refractivity contribution in [1.82, 2.24) is 9.97 Å². The summed E-state index contributed by atoms with van der Waals surface area (Å²) in [6.45, 7) is 1.76. The molecule has 0 radical (unpaired) electrons. The van der Waals surface area contributed by atoms with E-state index in [4.69, 9.17) is 5.11 Å². The van der Waals surface area contributed by atoms with Crippen molar-refractivity contribution in [2.75, 3.05) is 0 Å². The summed E-state index contributed by atoms with van der Waals surface area (Å²) in [6, 6.07) is 3.90. The summed E-state index contributed by atoms with van der Waals surface area (Å²) >= 11 is 1.21. The Kier molecular flexibility index (Phi) is 4.70. The molecule has 4 nitrogen and oxygen atoms in total. The molecule has 0 aromatic carbocycles. The number of pyridine rings is 2. The minimum Gasteiger partial charge on any atom is -0.477 e. The summed E-state index contributed by atoms with van der Waals surface area (Å²) in [7, 11) is 0. The first-order valence-electron chi connectivity index (χ1n) is 6.13. The normalized spacial score (nSPS) is 11.5. The number of hydrogen-bond acceptors (Lipinski definition) is 4. The van der Waals surface area contributed by atoms with E-state index in [1.165, 1.54) is 24.0 Å². The molecule has 2 aromatic heterocycles. The third kappa shape index (κ3) is 3.76. The molecule has 0 spiro atoms. The van der Waals surface area contributed by atoms with E-state index in [1.54, 1.807) is 13.0 Å². The molecule has 2 heterocycles. The zero-order chi connectivity index (χ0) is 16.3. The Morgan fingerprint density at radius 3 is 2.55 bits per heavy atom. The van der Waals surface area contributed by atoms with Crippen LogP contribution in [0, 0.1) is 6.92 Å². The highest BCUT2D eigenvalue weighted by molar-refractivity contribution is 7.98. The highest BCUT2D eigenvalue weighted by Gasteiger charge is 2.32. The maximum atomic E-state index is 12.4. The highest BCUT2D eigenvalue weighted by atomic mass is 32.2. The van der Waals surface area contributed by atoms with E-state index in [0.29, 0.717) is 10.5 Å². The van der Waals surface area contributed by atoms with Crippen molar-refractivity contribution in [1.29, 1.82) is 0 Å². The summed E-state index contributed by atoms with van der Waals surface area (Å²) < 4.78 is 37.3. The number of halogens is 3. The maximum Gasteiger partial charge on any atom is 0.433 e. The van der Waals surface area contributed by atoms with Gasteiger partial charge in [0.05, 0.1) is 0 Å². The van der Waals surface area contributed by atoms with Gasteiger partial charge in [0.15, 0.2) is 5.69 Å².